The summed E-state index contributed by atoms with van der Waals surface area (Å²) in [6.45, 7) is 0.386. The van der Waals surface area contributed by atoms with Crippen molar-refractivity contribution in [2.24, 2.45) is 0 Å². The number of ether oxygens (including phenoxy) is 1. The molecule has 0 atom stereocenters. The highest BCUT2D eigenvalue weighted by Gasteiger charge is 2.35. The second-order valence-corrected chi connectivity index (χ2v) is 4.41. The average molecular weight is 239 g/mol. The number of rotatable bonds is 0. The fraction of sp³-hybridized carbons (Fsp3) is 0.0714. The topological polar surface area (TPSA) is 53.1 Å². The summed E-state index contributed by atoms with van der Waals surface area (Å²) in [5, 5.41) is 9.30. The Labute approximate surface area is 103 Å². The standard InChI is InChI=1S/C14H9NO3/c16-14(17)15-7-8-3-1-2-4-9(8)12-10(15)5-6-11-13(12)18-11/h1-6H,7H2,(H,16,17). The van der Waals surface area contributed by atoms with Crippen LogP contribution in [-0.4, -0.2) is 11.2 Å². The Morgan fingerprint density at radius 2 is 2.06 bits per heavy atom. The van der Waals surface area contributed by atoms with Crippen LogP contribution in [0.4, 0.5) is 10.5 Å². The van der Waals surface area contributed by atoms with Gasteiger partial charge in [0, 0.05) is 0 Å². The number of hydrogen-bond donors (Lipinski definition) is 1. The van der Waals surface area contributed by atoms with Gasteiger partial charge >= 0.3 is 6.09 Å². The highest BCUT2D eigenvalue weighted by molar-refractivity contribution is 6.00. The minimum absolute atomic E-state index is 0.386. The maximum absolute atomic E-state index is 11.3. The summed E-state index contributed by atoms with van der Waals surface area (Å²) >= 11 is 0. The van der Waals surface area contributed by atoms with E-state index in [2.05, 4.69) is 0 Å². The first kappa shape index (κ1) is 9.53. The summed E-state index contributed by atoms with van der Waals surface area (Å²) in [6.07, 6.45) is -0.939. The maximum atomic E-state index is 11.3. The fourth-order valence-corrected chi connectivity index (χ4v) is 2.54. The van der Waals surface area contributed by atoms with E-state index in [1.165, 1.54) is 4.90 Å². The molecule has 0 fully saturated rings. The summed E-state index contributed by atoms with van der Waals surface area (Å²) < 4.78 is 5.40. The fourth-order valence-electron chi connectivity index (χ4n) is 2.54. The van der Waals surface area contributed by atoms with Crippen LogP contribution < -0.4 is 9.64 Å². The SMILES string of the molecule is O=C(O)N1Cc2ccccc2-c2c1ccc1c2O1. The van der Waals surface area contributed by atoms with Crippen molar-refractivity contribution in [1.82, 2.24) is 0 Å². The van der Waals surface area contributed by atoms with Gasteiger partial charge < -0.3 is 9.84 Å². The van der Waals surface area contributed by atoms with Gasteiger partial charge in [-0.25, -0.2) is 4.79 Å². The van der Waals surface area contributed by atoms with Crippen molar-refractivity contribution in [3.63, 3.8) is 0 Å². The number of nitrogens with zero attached hydrogens (tertiary/aromatic N) is 1. The Morgan fingerprint density at radius 3 is 2.89 bits per heavy atom. The molecule has 2 aliphatic heterocycles. The third-order valence-corrected chi connectivity index (χ3v) is 3.41. The highest BCUT2D eigenvalue weighted by atomic mass is 16.6. The van der Waals surface area contributed by atoms with Crippen molar-refractivity contribution in [1.29, 1.82) is 0 Å². The van der Waals surface area contributed by atoms with E-state index in [9.17, 15) is 9.90 Å². The predicted molar refractivity (Wildman–Crippen MR) is 66.2 cm³/mol. The molecule has 2 aromatic carbocycles. The molecule has 0 saturated carbocycles. The summed E-state index contributed by atoms with van der Waals surface area (Å²) in [6, 6.07) is 11.5. The van der Waals surface area contributed by atoms with Crippen LogP contribution in [0.2, 0.25) is 0 Å². The molecule has 2 aromatic rings. The first-order valence-corrected chi connectivity index (χ1v) is 5.69. The van der Waals surface area contributed by atoms with Crippen LogP contribution in [0.25, 0.3) is 11.1 Å². The van der Waals surface area contributed by atoms with Gasteiger partial charge in [-0.05, 0) is 23.3 Å². The van der Waals surface area contributed by atoms with Gasteiger partial charge in [0.1, 0.15) is 0 Å². The van der Waals surface area contributed by atoms with E-state index in [0.29, 0.717) is 12.2 Å². The summed E-state index contributed by atoms with van der Waals surface area (Å²) in [5.41, 5.74) is 3.69. The van der Waals surface area contributed by atoms with Gasteiger partial charge in [0.2, 0.25) is 0 Å². The zero-order chi connectivity index (χ0) is 12.3. The number of fused-ring (bicyclic) bond motifs is 5. The van der Waals surface area contributed by atoms with Crippen LogP contribution in [-0.2, 0) is 6.54 Å². The molecule has 4 nitrogen and oxygen atoms in total. The molecule has 2 aliphatic rings. The Balaban J connectivity index is 2.03. The number of hydrogen-bond acceptors (Lipinski definition) is 2. The van der Waals surface area contributed by atoms with Gasteiger partial charge in [0.05, 0.1) is 17.8 Å². The lowest BCUT2D eigenvalue weighted by atomic mass is 9.94. The number of benzene rings is 2. The molecule has 0 radical (unpaired) electrons. The summed E-state index contributed by atoms with van der Waals surface area (Å²) in [7, 11) is 0. The predicted octanol–water partition coefficient (Wildman–Crippen LogP) is 3.46. The number of carbonyl (C=O) groups is 1. The molecular formula is C14H9NO3. The minimum Gasteiger partial charge on any atom is -0.465 e. The van der Waals surface area contributed by atoms with Gasteiger partial charge in [-0.15, -0.1) is 0 Å². The zero-order valence-corrected chi connectivity index (χ0v) is 9.38. The summed E-state index contributed by atoms with van der Waals surface area (Å²) in [5.74, 6) is 1.65. The molecule has 0 aliphatic carbocycles. The van der Waals surface area contributed by atoms with Crippen molar-refractivity contribution in [3.8, 4) is 22.6 Å². The van der Waals surface area contributed by atoms with E-state index in [0.717, 1.165) is 28.2 Å². The van der Waals surface area contributed by atoms with Crippen LogP contribution in [0, 0.1) is 0 Å². The Hall–Kier alpha value is -2.49. The normalized spacial score (nSPS) is 14.1. The quantitative estimate of drug-likeness (QED) is 0.611. The van der Waals surface area contributed by atoms with E-state index in [1.807, 2.05) is 36.4 Å². The van der Waals surface area contributed by atoms with Crippen LogP contribution in [0.3, 0.4) is 0 Å². The Kier molecular flexibility index (Phi) is 1.61. The first-order chi connectivity index (χ1) is 8.75. The van der Waals surface area contributed by atoms with Gasteiger partial charge in [0.25, 0.3) is 0 Å². The summed E-state index contributed by atoms with van der Waals surface area (Å²) in [4.78, 5) is 12.7. The highest BCUT2D eigenvalue weighted by Crippen LogP contribution is 2.57. The first-order valence-electron chi connectivity index (χ1n) is 5.69. The molecule has 0 bridgehead atoms. The number of amides is 1. The van der Waals surface area contributed by atoms with Crippen molar-refractivity contribution in [2.45, 2.75) is 6.54 Å². The minimum atomic E-state index is -0.939. The molecule has 0 unspecified atom stereocenters. The third-order valence-electron chi connectivity index (χ3n) is 3.41. The molecule has 0 saturated heterocycles. The van der Waals surface area contributed by atoms with E-state index < -0.39 is 6.09 Å². The number of carboxylic acid groups (broad SMARTS) is 1. The van der Waals surface area contributed by atoms with Crippen molar-refractivity contribution in [3.05, 3.63) is 42.0 Å². The molecule has 2 heterocycles. The van der Waals surface area contributed by atoms with Crippen molar-refractivity contribution < 1.29 is 14.6 Å². The van der Waals surface area contributed by atoms with Crippen molar-refractivity contribution >= 4 is 11.8 Å². The molecule has 4 heteroatoms. The van der Waals surface area contributed by atoms with Crippen LogP contribution in [0.1, 0.15) is 5.56 Å². The Bertz CT molecular complexity index is 693. The Morgan fingerprint density at radius 1 is 1.22 bits per heavy atom. The van der Waals surface area contributed by atoms with E-state index in [1.54, 1.807) is 0 Å². The number of anilines is 1. The van der Waals surface area contributed by atoms with Crippen LogP contribution in [0.5, 0.6) is 11.5 Å². The third kappa shape index (κ3) is 1.12. The van der Waals surface area contributed by atoms with Gasteiger partial charge in [-0.3, -0.25) is 4.90 Å². The lowest BCUT2D eigenvalue weighted by Crippen LogP contribution is -2.31. The smallest absolute Gasteiger partial charge is 0.412 e. The second kappa shape index (κ2) is 3.04. The molecular weight excluding hydrogens is 230 g/mol. The van der Waals surface area contributed by atoms with Gasteiger partial charge in [0.15, 0.2) is 11.5 Å². The van der Waals surface area contributed by atoms with Crippen LogP contribution >= 0.6 is 0 Å². The van der Waals surface area contributed by atoms with Crippen LogP contribution in [0.15, 0.2) is 36.4 Å². The van der Waals surface area contributed by atoms with E-state index in [4.69, 9.17) is 4.74 Å². The molecule has 1 N–H and O–H groups in total. The largest absolute Gasteiger partial charge is 0.465 e. The second-order valence-electron chi connectivity index (χ2n) is 4.41. The lowest BCUT2D eigenvalue weighted by Gasteiger charge is -2.27. The molecule has 1 amide bonds. The molecule has 0 spiro atoms. The van der Waals surface area contributed by atoms with E-state index in [-0.39, 0.29) is 0 Å². The zero-order valence-electron chi connectivity index (χ0n) is 9.38. The molecule has 18 heavy (non-hydrogen) atoms. The monoisotopic (exact) mass is 239 g/mol. The maximum Gasteiger partial charge on any atom is 0.412 e. The molecule has 0 aromatic heterocycles. The average Bonchev–Trinajstić information content (AvgIpc) is 3.16. The van der Waals surface area contributed by atoms with E-state index >= 15 is 0 Å². The lowest BCUT2D eigenvalue weighted by molar-refractivity contribution is 0.201. The van der Waals surface area contributed by atoms with Gasteiger partial charge in [-0.2, -0.15) is 0 Å². The van der Waals surface area contributed by atoms with Crippen molar-refractivity contribution in [2.75, 3.05) is 4.90 Å². The molecule has 4 rings (SSSR count). The van der Waals surface area contributed by atoms with Gasteiger partial charge in [-0.1, -0.05) is 24.3 Å². The molecule has 88 valence electrons.